The van der Waals surface area contributed by atoms with Gasteiger partial charge in [0.1, 0.15) is 0 Å². The third kappa shape index (κ3) is 3.97. The van der Waals surface area contributed by atoms with Crippen molar-refractivity contribution in [1.29, 1.82) is 0 Å². The van der Waals surface area contributed by atoms with Crippen molar-refractivity contribution >= 4 is 17.7 Å². The molecule has 1 amide bonds. The minimum absolute atomic E-state index is 0.188. The fourth-order valence-corrected chi connectivity index (χ4v) is 4.89. The summed E-state index contributed by atoms with van der Waals surface area (Å²) < 4.78 is 0. The Kier molecular flexibility index (Phi) is 5.26. The summed E-state index contributed by atoms with van der Waals surface area (Å²) >= 11 is 1.73. The maximum atomic E-state index is 13.7. The largest absolute Gasteiger partial charge is 0.333 e. The van der Waals surface area contributed by atoms with Gasteiger partial charge >= 0.3 is 0 Å². The van der Waals surface area contributed by atoms with Crippen LogP contribution < -0.4 is 0 Å². The number of fused-ring (bicyclic) bond motifs is 1. The van der Waals surface area contributed by atoms with Crippen molar-refractivity contribution in [3.63, 3.8) is 0 Å². The van der Waals surface area contributed by atoms with E-state index < -0.39 is 0 Å². The number of hydrogen-bond acceptors (Lipinski definition) is 2. The summed E-state index contributed by atoms with van der Waals surface area (Å²) in [7, 11) is 0. The number of hydrogen-bond donors (Lipinski definition) is 0. The zero-order valence-electron chi connectivity index (χ0n) is 17.5. The van der Waals surface area contributed by atoms with Crippen LogP contribution in [-0.4, -0.2) is 16.3 Å². The molecule has 0 bridgehead atoms. The van der Waals surface area contributed by atoms with Gasteiger partial charge in [0.2, 0.25) is 5.91 Å². The molecule has 0 aliphatic carbocycles. The van der Waals surface area contributed by atoms with Gasteiger partial charge in [-0.15, -0.1) is 0 Å². The molecule has 0 saturated heterocycles. The van der Waals surface area contributed by atoms with Gasteiger partial charge in [0, 0.05) is 21.9 Å². The predicted molar refractivity (Wildman–Crippen MR) is 120 cm³/mol. The second-order valence-electron chi connectivity index (χ2n) is 8.68. The summed E-state index contributed by atoms with van der Waals surface area (Å²) in [4.78, 5) is 18.0. The van der Waals surface area contributed by atoms with Crippen molar-refractivity contribution in [3.05, 3.63) is 95.1 Å². The van der Waals surface area contributed by atoms with Crippen LogP contribution in [0.15, 0.2) is 82.6 Å². The molecule has 0 spiro atoms. The summed E-state index contributed by atoms with van der Waals surface area (Å²) in [6, 6.07) is 25.3. The highest BCUT2D eigenvalue weighted by Crippen LogP contribution is 2.42. The van der Waals surface area contributed by atoms with E-state index in [1.54, 1.807) is 11.8 Å². The molecule has 0 saturated carbocycles. The molecule has 0 fully saturated rings. The number of benzene rings is 3. The van der Waals surface area contributed by atoms with Gasteiger partial charge in [-0.25, -0.2) is 0 Å². The van der Waals surface area contributed by atoms with Crippen LogP contribution in [-0.2, 0) is 11.3 Å². The molecule has 2 nitrogen and oxygen atoms in total. The maximum absolute atomic E-state index is 13.7. The van der Waals surface area contributed by atoms with Crippen LogP contribution in [0.3, 0.4) is 0 Å². The molecule has 0 aromatic heterocycles. The Hall–Kier alpha value is -2.52. The number of carbonyl (C=O) groups excluding carboxylic acids is 1. The van der Waals surface area contributed by atoms with Crippen molar-refractivity contribution in [2.75, 3.05) is 0 Å². The van der Waals surface area contributed by atoms with Crippen molar-refractivity contribution in [2.24, 2.45) is 0 Å². The van der Waals surface area contributed by atoms with E-state index in [1.807, 2.05) is 17.0 Å². The quantitative estimate of drug-likeness (QED) is 0.505. The van der Waals surface area contributed by atoms with Crippen molar-refractivity contribution in [3.8, 4) is 0 Å². The van der Waals surface area contributed by atoms with Crippen LogP contribution in [0.1, 0.15) is 48.9 Å². The van der Waals surface area contributed by atoms with E-state index >= 15 is 0 Å². The Morgan fingerprint density at radius 1 is 0.862 bits per heavy atom. The summed E-state index contributed by atoms with van der Waals surface area (Å²) in [6.45, 7) is 9.11. The SMILES string of the molecule is Cc1ccc(Sc2ccccc2C2C(=O)N(C(C)(C)C)Cc3ccccc32)cc1. The number of aryl methyl sites for hydroxylation is 1. The lowest BCUT2D eigenvalue weighted by atomic mass is 9.82. The van der Waals surface area contributed by atoms with E-state index in [0.717, 1.165) is 16.0 Å². The molecule has 3 aromatic rings. The normalized spacial score (nSPS) is 16.6. The van der Waals surface area contributed by atoms with Gasteiger partial charge in [-0.2, -0.15) is 0 Å². The van der Waals surface area contributed by atoms with Gasteiger partial charge in [-0.05, 0) is 62.6 Å². The Morgan fingerprint density at radius 2 is 1.48 bits per heavy atom. The Balaban J connectivity index is 1.81. The minimum atomic E-state index is -0.270. The van der Waals surface area contributed by atoms with E-state index in [9.17, 15) is 4.79 Å². The highest BCUT2D eigenvalue weighted by Gasteiger charge is 2.39. The smallest absolute Gasteiger partial charge is 0.235 e. The third-order valence-electron chi connectivity index (χ3n) is 5.50. The molecule has 29 heavy (non-hydrogen) atoms. The first kappa shape index (κ1) is 19.8. The zero-order valence-corrected chi connectivity index (χ0v) is 18.3. The molecule has 1 unspecified atom stereocenters. The van der Waals surface area contributed by atoms with Crippen LogP contribution in [0, 0.1) is 6.92 Å². The summed E-state index contributed by atoms with van der Waals surface area (Å²) in [5.41, 5.74) is 4.49. The molecule has 3 aromatic carbocycles. The van der Waals surface area contributed by atoms with Crippen LogP contribution in [0.5, 0.6) is 0 Å². The molecular weight excluding hydrogens is 374 g/mol. The van der Waals surface area contributed by atoms with Crippen LogP contribution in [0.4, 0.5) is 0 Å². The fourth-order valence-electron chi connectivity index (χ4n) is 3.91. The first-order valence-corrected chi connectivity index (χ1v) is 10.9. The Labute approximate surface area is 178 Å². The molecule has 0 N–H and O–H groups in total. The Morgan fingerprint density at radius 3 is 2.17 bits per heavy atom. The lowest BCUT2D eigenvalue weighted by molar-refractivity contribution is -0.138. The summed E-state index contributed by atoms with van der Waals surface area (Å²) in [5, 5.41) is 0. The molecule has 1 atom stereocenters. The average molecular weight is 402 g/mol. The van der Waals surface area contributed by atoms with E-state index in [1.165, 1.54) is 16.0 Å². The van der Waals surface area contributed by atoms with Gasteiger partial charge < -0.3 is 4.90 Å². The van der Waals surface area contributed by atoms with Gasteiger partial charge in [0.25, 0.3) is 0 Å². The standard InChI is InChI=1S/C26H27NOS/c1-18-13-15-20(16-14-18)29-23-12-8-7-11-22(23)24-21-10-6-5-9-19(21)17-27(25(24)28)26(2,3)4/h5-16,24H,17H2,1-4H3. The number of nitrogens with zero attached hydrogens (tertiary/aromatic N) is 1. The van der Waals surface area contributed by atoms with Gasteiger partial charge in [0.15, 0.2) is 0 Å². The van der Waals surface area contributed by atoms with Crippen molar-refractivity contribution in [1.82, 2.24) is 4.90 Å². The molecule has 1 aliphatic heterocycles. The van der Waals surface area contributed by atoms with Gasteiger partial charge in [-0.1, -0.05) is 71.9 Å². The van der Waals surface area contributed by atoms with Crippen LogP contribution in [0.25, 0.3) is 0 Å². The number of carbonyl (C=O) groups is 1. The first-order valence-electron chi connectivity index (χ1n) is 10.1. The topological polar surface area (TPSA) is 20.3 Å². The monoisotopic (exact) mass is 401 g/mol. The van der Waals surface area contributed by atoms with Crippen LogP contribution in [0.2, 0.25) is 0 Å². The fraction of sp³-hybridized carbons (Fsp3) is 0.269. The van der Waals surface area contributed by atoms with E-state index in [0.29, 0.717) is 6.54 Å². The molecule has 0 radical (unpaired) electrons. The minimum Gasteiger partial charge on any atom is -0.333 e. The second kappa shape index (κ2) is 7.72. The first-order chi connectivity index (χ1) is 13.8. The van der Waals surface area contributed by atoms with Gasteiger partial charge in [0.05, 0.1) is 5.92 Å². The Bertz CT molecular complexity index is 1030. The predicted octanol–water partition coefficient (Wildman–Crippen LogP) is 6.42. The number of amides is 1. The highest BCUT2D eigenvalue weighted by molar-refractivity contribution is 7.99. The molecule has 4 rings (SSSR count). The molecular formula is C26H27NOS. The lowest BCUT2D eigenvalue weighted by Gasteiger charge is -2.42. The second-order valence-corrected chi connectivity index (χ2v) is 9.80. The maximum Gasteiger partial charge on any atom is 0.235 e. The van der Waals surface area contributed by atoms with E-state index in [2.05, 4.69) is 88.4 Å². The van der Waals surface area contributed by atoms with Crippen LogP contribution >= 0.6 is 11.8 Å². The third-order valence-corrected chi connectivity index (χ3v) is 6.60. The summed E-state index contributed by atoms with van der Waals surface area (Å²) in [6.07, 6.45) is 0. The molecule has 3 heteroatoms. The molecule has 1 aliphatic rings. The van der Waals surface area contributed by atoms with E-state index in [4.69, 9.17) is 0 Å². The number of rotatable bonds is 3. The van der Waals surface area contributed by atoms with E-state index in [-0.39, 0.29) is 17.4 Å². The average Bonchev–Trinajstić information content (AvgIpc) is 2.69. The molecule has 148 valence electrons. The molecule has 1 heterocycles. The van der Waals surface area contributed by atoms with Crippen molar-refractivity contribution in [2.45, 2.75) is 55.5 Å². The van der Waals surface area contributed by atoms with Gasteiger partial charge in [-0.3, -0.25) is 4.79 Å². The lowest BCUT2D eigenvalue weighted by Crippen LogP contribution is -2.50. The summed E-state index contributed by atoms with van der Waals surface area (Å²) in [5.74, 6) is -0.0820. The van der Waals surface area contributed by atoms with Crippen molar-refractivity contribution < 1.29 is 4.79 Å². The highest BCUT2D eigenvalue weighted by atomic mass is 32.2. The zero-order chi connectivity index (χ0) is 20.6.